The van der Waals surface area contributed by atoms with Gasteiger partial charge in [0.2, 0.25) is 0 Å². The van der Waals surface area contributed by atoms with Crippen molar-refractivity contribution >= 4 is 0 Å². The summed E-state index contributed by atoms with van der Waals surface area (Å²) in [4.78, 5) is 0. The van der Waals surface area contributed by atoms with E-state index in [2.05, 4.69) is 59.8 Å². The standard InChI is InChI=1S/C28H46O/c1-18(2)19(3)7-8-20(4)24-11-12-25-23-10-9-21-17-22(29)13-15-27(21,5)26(23)14-16-28(24,25)6/h7-9,18-20,22-26,29H,10-17H2,1-6H3/b8-7+/t19-,20+,22?,23?,24+,25?,26?,27-,28+/m0/s1. The molecule has 0 spiro atoms. The molecule has 9 atom stereocenters. The maximum absolute atomic E-state index is 10.2. The van der Waals surface area contributed by atoms with Gasteiger partial charge < -0.3 is 5.11 Å². The second kappa shape index (κ2) is 7.85. The quantitative estimate of drug-likeness (QED) is 0.489. The summed E-state index contributed by atoms with van der Waals surface area (Å²) in [5.74, 6) is 5.63. The lowest BCUT2D eigenvalue weighted by molar-refractivity contribution is -0.0540. The van der Waals surface area contributed by atoms with Gasteiger partial charge in [0, 0.05) is 0 Å². The maximum Gasteiger partial charge on any atom is 0.0577 e. The van der Waals surface area contributed by atoms with E-state index < -0.39 is 0 Å². The zero-order valence-electron chi connectivity index (χ0n) is 20.0. The van der Waals surface area contributed by atoms with E-state index in [-0.39, 0.29) is 6.10 Å². The van der Waals surface area contributed by atoms with Gasteiger partial charge in [-0.1, -0.05) is 65.3 Å². The molecule has 4 unspecified atom stereocenters. The van der Waals surface area contributed by atoms with Crippen molar-refractivity contribution in [2.24, 2.45) is 52.3 Å². The summed E-state index contributed by atoms with van der Waals surface area (Å²) < 4.78 is 0. The van der Waals surface area contributed by atoms with Gasteiger partial charge in [-0.3, -0.25) is 0 Å². The first-order chi connectivity index (χ1) is 13.7. The highest BCUT2D eigenvalue weighted by molar-refractivity contribution is 5.25. The van der Waals surface area contributed by atoms with E-state index in [1.165, 1.54) is 38.5 Å². The average Bonchev–Trinajstić information content (AvgIpc) is 3.03. The molecule has 0 aromatic heterocycles. The Balaban J connectivity index is 1.53. The lowest BCUT2D eigenvalue weighted by atomic mass is 9.47. The molecule has 164 valence electrons. The molecule has 0 aromatic rings. The lowest BCUT2D eigenvalue weighted by Crippen LogP contribution is -2.50. The average molecular weight is 399 g/mol. The van der Waals surface area contributed by atoms with Crippen LogP contribution in [-0.2, 0) is 0 Å². The monoisotopic (exact) mass is 398 g/mol. The fraction of sp³-hybridized carbons (Fsp3) is 0.857. The molecular weight excluding hydrogens is 352 g/mol. The second-order valence-electron chi connectivity index (χ2n) is 12.2. The van der Waals surface area contributed by atoms with Crippen molar-refractivity contribution in [1.29, 1.82) is 0 Å². The van der Waals surface area contributed by atoms with Crippen LogP contribution in [0, 0.1) is 52.3 Å². The van der Waals surface area contributed by atoms with Crippen LogP contribution in [0.2, 0.25) is 0 Å². The predicted octanol–water partition coefficient (Wildman–Crippen LogP) is 7.41. The van der Waals surface area contributed by atoms with Gasteiger partial charge >= 0.3 is 0 Å². The number of fused-ring (bicyclic) bond motifs is 5. The minimum absolute atomic E-state index is 0.0866. The van der Waals surface area contributed by atoms with Crippen molar-refractivity contribution in [3.63, 3.8) is 0 Å². The normalized spacial score (nSPS) is 46.8. The van der Waals surface area contributed by atoms with Crippen molar-refractivity contribution in [3.8, 4) is 0 Å². The van der Waals surface area contributed by atoms with Gasteiger partial charge in [0.25, 0.3) is 0 Å². The van der Waals surface area contributed by atoms with Crippen molar-refractivity contribution in [2.45, 2.75) is 99.0 Å². The highest BCUT2D eigenvalue weighted by atomic mass is 16.3. The van der Waals surface area contributed by atoms with Crippen LogP contribution in [0.5, 0.6) is 0 Å². The molecule has 0 radical (unpaired) electrons. The number of hydrogen-bond donors (Lipinski definition) is 1. The second-order valence-corrected chi connectivity index (χ2v) is 12.2. The Morgan fingerprint density at radius 3 is 2.45 bits per heavy atom. The lowest BCUT2D eigenvalue weighted by Gasteiger charge is -2.58. The van der Waals surface area contributed by atoms with E-state index in [1.807, 2.05) is 0 Å². The molecule has 3 fully saturated rings. The summed E-state index contributed by atoms with van der Waals surface area (Å²) in [5.41, 5.74) is 2.51. The van der Waals surface area contributed by atoms with Crippen LogP contribution in [0.25, 0.3) is 0 Å². The Morgan fingerprint density at radius 2 is 1.72 bits per heavy atom. The summed E-state index contributed by atoms with van der Waals surface area (Å²) in [6.07, 6.45) is 17.7. The minimum atomic E-state index is -0.0866. The minimum Gasteiger partial charge on any atom is -0.393 e. The molecule has 0 aliphatic heterocycles. The molecule has 0 saturated heterocycles. The molecule has 4 rings (SSSR count). The molecule has 0 amide bonds. The molecule has 0 heterocycles. The summed E-state index contributed by atoms with van der Waals surface area (Å²) in [5, 5.41) is 10.2. The maximum atomic E-state index is 10.2. The third-order valence-electron chi connectivity index (χ3n) is 10.6. The van der Waals surface area contributed by atoms with Crippen LogP contribution in [0.4, 0.5) is 0 Å². The van der Waals surface area contributed by atoms with Crippen LogP contribution < -0.4 is 0 Å². The van der Waals surface area contributed by atoms with Crippen molar-refractivity contribution in [1.82, 2.24) is 0 Å². The molecule has 1 N–H and O–H groups in total. The number of aliphatic hydroxyl groups is 1. The van der Waals surface area contributed by atoms with Gasteiger partial charge in [0.05, 0.1) is 6.10 Å². The van der Waals surface area contributed by atoms with Gasteiger partial charge in [0.15, 0.2) is 0 Å². The van der Waals surface area contributed by atoms with Gasteiger partial charge in [-0.25, -0.2) is 0 Å². The van der Waals surface area contributed by atoms with Gasteiger partial charge in [-0.15, -0.1) is 0 Å². The smallest absolute Gasteiger partial charge is 0.0577 e. The third kappa shape index (κ3) is 3.58. The molecule has 3 saturated carbocycles. The number of aliphatic hydroxyl groups excluding tert-OH is 1. The van der Waals surface area contributed by atoms with Crippen molar-refractivity contribution < 1.29 is 5.11 Å². The molecule has 0 aromatic carbocycles. The van der Waals surface area contributed by atoms with E-state index in [4.69, 9.17) is 0 Å². The Hall–Kier alpha value is -0.560. The summed E-state index contributed by atoms with van der Waals surface area (Å²) >= 11 is 0. The van der Waals surface area contributed by atoms with Crippen molar-refractivity contribution in [2.75, 3.05) is 0 Å². The molecule has 1 heteroatoms. The highest BCUT2D eigenvalue weighted by Crippen LogP contribution is 2.67. The van der Waals surface area contributed by atoms with Crippen LogP contribution >= 0.6 is 0 Å². The summed E-state index contributed by atoms with van der Waals surface area (Å²) in [7, 11) is 0. The Labute approximate surface area is 180 Å². The van der Waals surface area contributed by atoms with Crippen LogP contribution in [-0.4, -0.2) is 11.2 Å². The van der Waals surface area contributed by atoms with Gasteiger partial charge in [-0.05, 0) is 104 Å². The van der Waals surface area contributed by atoms with Crippen LogP contribution in [0.15, 0.2) is 23.8 Å². The van der Waals surface area contributed by atoms with E-state index >= 15 is 0 Å². The van der Waals surface area contributed by atoms with Crippen LogP contribution in [0.3, 0.4) is 0 Å². The highest BCUT2D eigenvalue weighted by Gasteiger charge is 2.58. The topological polar surface area (TPSA) is 20.2 Å². The fourth-order valence-corrected chi connectivity index (χ4v) is 8.25. The fourth-order valence-electron chi connectivity index (χ4n) is 8.25. The predicted molar refractivity (Wildman–Crippen MR) is 124 cm³/mol. The summed E-state index contributed by atoms with van der Waals surface area (Å²) in [6, 6.07) is 0. The van der Waals surface area contributed by atoms with E-state index in [0.717, 1.165) is 42.4 Å². The molecular formula is C28H46O. The Bertz CT molecular complexity index is 659. The van der Waals surface area contributed by atoms with Crippen molar-refractivity contribution in [3.05, 3.63) is 23.8 Å². The molecule has 29 heavy (non-hydrogen) atoms. The largest absolute Gasteiger partial charge is 0.393 e. The zero-order valence-corrected chi connectivity index (χ0v) is 20.0. The first-order valence-corrected chi connectivity index (χ1v) is 12.7. The first-order valence-electron chi connectivity index (χ1n) is 12.7. The zero-order chi connectivity index (χ0) is 21.0. The first kappa shape index (κ1) is 21.7. The summed E-state index contributed by atoms with van der Waals surface area (Å²) in [6.45, 7) is 14.7. The van der Waals surface area contributed by atoms with E-state index in [0.29, 0.717) is 22.7 Å². The van der Waals surface area contributed by atoms with E-state index in [9.17, 15) is 5.11 Å². The number of hydrogen-bond acceptors (Lipinski definition) is 1. The SMILES string of the molecule is CC(C)[C@@H](C)/C=C/[C@@H](C)[C@H]1CCC2C3CC=C4CC(O)CC[C@]4(C)C3CC[C@@]21C. The van der Waals surface area contributed by atoms with Gasteiger partial charge in [0.1, 0.15) is 0 Å². The Morgan fingerprint density at radius 1 is 0.966 bits per heavy atom. The Kier molecular flexibility index (Phi) is 5.86. The van der Waals surface area contributed by atoms with Gasteiger partial charge in [-0.2, -0.15) is 0 Å². The van der Waals surface area contributed by atoms with Crippen LogP contribution in [0.1, 0.15) is 92.9 Å². The third-order valence-corrected chi connectivity index (χ3v) is 10.6. The molecule has 0 bridgehead atoms. The number of allylic oxidation sites excluding steroid dienone is 3. The molecule has 4 aliphatic carbocycles. The molecule has 4 aliphatic rings. The number of rotatable bonds is 4. The molecule has 1 nitrogen and oxygen atoms in total. The van der Waals surface area contributed by atoms with E-state index in [1.54, 1.807) is 5.57 Å².